The molecule has 1 aromatic carbocycles. The molecule has 0 aliphatic carbocycles. The van der Waals surface area contributed by atoms with Gasteiger partial charge in [-0.3, -0.25) is 4.79 Å². The first-order valence-corrected chi connectivity index (χ1v) is 7.42. The van der Waals surface area contributed by atoms with Crippen molar-refractivity contribution in [3.8, 4) is 17.2 Å². The van der Waals surface area contributed by atoms with Crippen LogP contribution < -0.4 is 19.5 Å². The number of benzene rings is 1. The molecule has 8 heteroatoms. The van der Waals surface area contributed by atoms with Gasteiger partial charge < -0.3 is 19.5 Å². The molecule has 0 radical (unpaired) electrons. The van der Waals surface area contributed by atoms with Gasteiger partial charge in [0.15, 0.2) is 15.4 Å². The summed E-state index contributed by atoms with van der Waals surface area (Å²) in [6.45, 7) is 0. The highest BCUT2D eigenvalue weighted by Crippen LogP contribution is 2.40. The molecule has 1 amide bonds. The summed E-state index contributed by atoms with van der Waals surface area (Å²) in [5, 5.41) is 2.77. The first-order chi connectivity index (χ1) is 10.1. The third-order valence-corrected chi connectivity index (χ3v) is 4.10. The number of rotatable bonds is 5. The van der Waals surface area contributed by atoms with E-state index in [-0.39, 0.29) is 5.91 Å². The lowest BCUT2D eigenvalue weighted by Gasteiger charge is -2.14. The molecule has 0 unspecified atom stereocenters. The Kier molecular flexibility index (Phi) is 5.03. The minimum absolute atomic E-state index is 0.257. The molecule has 0 saturated heterocycles. The number of nitrogens with one attached hydrogen (secondary N) is 1. The van der Waals surface area contributed by atoms with Crippen molar-refractivity contribution in [1.82, 2.24) is 4.98 Å². The fraction of sp³-hybridized carbons (Fsp3) is 0.231. The van der Waals surface area contributed by atoms with Crippen molar-refractivity contribution in [2.75, 3.05) is 26.6 Å². The molecule has 2 rings (SSSR count). The maximum Gasteiger partial charge on any atom is 0.267 e. The van der Waals surface area contributed by atoms with Crippen molar-refractivity contribution < 1.29 is 19.0 Å². The third kappa shape index (κ3) is 3.45. The van der Waals surface area contributed by atoms with Gasteiger partial charge in [-0.1, -0.05) is 0 Å². The zero-order chi connectivity index (χ0) is 15.4. The average molecular weight is 373 g/mol. The quantitative estimate of drug-likeness (QED) is 0.872. The number of aromatic nitrogens is 1. The summed E-state index contributed by atoms with van der Waals surface area (Å²) in [5.74, 6) is 1.15. The molecule has 0 aliphatic rings. The molecule has 0 aliphatic heterocycles. The maximum absolute atomic E-state index is 12.1. The summed E-state index contributed by atoms with van der Waals surface area (Å²) < 4.78 is 16.4. The van der Waals surface area contributed by atoms with Crippen molar-refractivity contribution in [3.63, 3.8) is 0 Å². The lowest BCUT2D eigenvalue weighted by molar-refractivity contribution is 0.103. The van der Waals surface area contributed by atoms with E-state index in [2.05, 4.69) is 26.2 Å². The summed E-state index contributed by atoms with van der Waals surface area (Å²) in [5.41, 5.74) is 0.541. The van der Waals surface area contributed by atoms with Gasteiger partial charge in [0, 0.05) is 17.8 Å². The van der Waals surface area contributed by atoms with Crippen molar-refractivity contribution in [1.29, 1.82) is 0 Å². The summed E-state index contributed by atoms with van der Waals surface area (Å²) in [7, 11) is 4.56. The SMILES string of the molecule is COc1cc(NC(=O)c2cnc(Br)s2)cc(OC)c1OC. The van der Waals surface area contributed by atoms with Gasteiger partial charge in [-0.2, -0.15) is 0 Å². The Morgan fingerprint density at radius 1 is 1.19 bits per heavy atom. The number of carbonyl (C=O) groups excluding carboxylic acids is 1. The van der Waals surface area contributed by atoms with Crippen LogP contribution in [-0.2, 0) is 0 Å². The molecular formula is C13H13BrN2O4S. The van der Waals surface area contributed by atoms with Crippen LogP contribution in [0.2, 0.25) is 0 Å². The highest BCUT2D eigenvalue weighted by molar-refractivity contribution is 9.11. The lowest BCUT2D eigenvalue weighted by Crippen LogP contribution is -2.10. The molecule has 0 saturated carbocycles. The van der Waals surface area contributed by atoms with E-state index in [4.69, 9.17) is 14.2 Å². The van der Waals surface area contributed by atoms with E-state index in [9.17, 15) is 4.79 Å². The zero-order valence-corrected chi connectivity index (χ0v) is 14.0. The molecular weight excluding hydrogens is 360 g/mol. The van der Waals surface area contributed by atoms with E-state index in [1.54, 1.807) is 12.1 Å². The third-order valence-electron chi connectivity index (χ3n) is 2.62. The fourth-order valence-corrected chi connectivity index (χ4v) is 2.87. The first kappa shape index (κ1) is 15.6. The number of amides is 1. The van der Waals surface area contributed by atoms with Crippen molar-refractivity contribution >= 4 is 38.9 Å². The number of hydrogen-bond acceptors (Lipinski definition) is 6. The van der Waals surface area contributed by atoms with Crippen molar-refractivity contribution in [2.45, 2.75) is 0 Å². The highest BCUT2D eigenvalue weighted by atomic mass is 79.9. The van der Waals surface area contributed by atoms with Gasteiger partial charge in [-0.05, 0) is 15.9 Å². The van der Waals surface area contributed by atoms with Crippen LogP contribution in [0.25, 0.3) is 0 Å². The van der Waals surface area contributed by atoms with E-state index < -0.39 is 0 Å². The summed E-state index contributed by atoms with van der Waals surface area (Å²) in [4.78, 5) is 16.6. The minimum Gasteiger partial charge on any atom is -0.493 e. The first-order valence-electron chi connectivity index (χ1n) is 5.81. The standard InChI is InChI=1S/C13H13BrN2O4S/c1-18-8-4-7(5-9(19-2)11(8)20-3)16-12(17)10-6-15-13(14)21-10/h4-6H,1-3H3,(H,16,17). The number of anilines is 1. The molecule has 0 spiro atoms. The highest BCUT2D eigenvalue weighted by Gasteiger charge is 2.16. The van der Waals surface area contributed by atoms with E-state index in [1.165, 1.54) is 38.9 Å². The number of nitrogens with zero attached hydrogens (tertiary/aromatic N) is 1. The molecule has 1 N–H and O–H groups in total. The van der Waals surface area contributed by atoms with E-state index >= 15 is 0 Å². The number of carbonyl (C=O) groups is 1. The Hall–Kier alpha value is -1.80. The Balaban J connectivity index is 2.29. The maximum atomic E-state index is 12.1. The van der Waals surface area contributed by atoms with Gasteiger partial charge in [0.25, 0.3) is 5.91 Å². The molecule has 21 heavy (non-hydrogen) atoms. The number of ether oxygens (including phenoxy) is 3. The monoisotopic (exact) mass is 372 g/mol. The average Bonchev–Trinajstić information content (AvgIpc) is 2.92. The molecule has 1 aromatic heterocycles. The minimum atomic E-state index is -0.257. The van der Waals surface area contributed by atoms with Crippen molar-refractivity contribution in [3.05, 3.63) is 27.1 Å². The van der Waals surface area contributed by atoms with Crippen LogP contribution in [0.1, 0.15) is 9.67 Å². The van der Waals surface area contributed by atoms with Gasteiger partial charge in [-0.25, -0.2) is 4.98 Å². The Labute approximate surface area is 134 Å². The largest absolute Gasteiger partial charge is 0.493 e. The van der Waals surface area contributed by atoms with Crippen LogP contribution in [0.5, 0.6) is 17.2 Å². The molecule has 0 fully saturated rings. The van der Waals surface area contributed by atoms with Gasteiger partial charge in [0.1, 0.15) is 4.88 Å². The van der Waals surface area contributed by atoms with E-state index in [1.807, 2.05) is 0 Å². The predicted octanol–water partition coefficient (Wildman–Crippen LogP) is 3.18. The fourth-order valence-electron chi connectivity index (χ4n) is 1.70. The molecule has 1 heterocycles. The summed E-state index contributed by atoms with van der Waals surface area (Å²) in [6, 6.07) is 3.32. The van der Waals surface area contributed by atoms with Crippen LogP contribution in [0.15, 0.2) is 22.2 Å². The molecule has 6 nitrogen and oxygen atoms in total. The topological polar surface area (TPSA) is 69.7 Å². The molecule has 0 bridgehead atoms. The lowest BCUT2D eigenvalue weighted by atomic mass is 10.2. The second-order valence-electron chi connectivity index (χ2n) is 3.85. The van der Waals surface area contributed by atoms with Crippen LogP contribution in [0, 0.1) is 0 Å². The van der Waals surface area contributed by atoms with Crippen LogP contribution in [0.4, 0.5) is 5.69 Å². The molecule has 0 atom stereocenters. The van der Waals surface area contributed by atoms with Gasteiger partial charge in [0.2, 0.25) is 5.75 Å². The van der Waals surface area contributed by atoms with Gasteiger partial charge in [-0.15, -0.1) is 11.3 Å². The smallest absolute Gasteiger partial charge is 0.267 e. The Morgan fingerprint density at radius 2 is 1.81 bits per heavy atom. The molecule has 2 aromatic rings. The second kappa shape index (κ2) is 6.77. The Morgan fingerprint density at radius 3 is 2.24 bits per heavy atom. The summed E-state index contributed by atoms with van der Waals surface area (Å²) in [6.07, 6.45) is 1.50. The number of thiazole rings is 1. The Bertz CT molecular complexity index is 634. The van der Waals surface area contributed by atoms with Gasteiger partial charge >= 0.3 is 0 Å². The van der Waals surface area contributed by atoms with Crippen molar-refractivity contribution in [2.24, 2.45) is 0 Å². The van der Waals surface area contributed by atoms with Crippen LogP contribution in [-0.4, -0.2) is 32.2 Å². The summed E-state index contributed by atoms with van der Waals surface area (Å²) >= 11 is 4.47. The van der Waals surface area contributed by atoms with E-state index in [0.717, 1.165) is 0 Å². The number of halogens is 1. The number of hydrogen-bond donors (Lipinski definition) is 1. The predicted molar refractivity (Wildman–Crippen MR) is 83.9 cm³/mol. The number of methoxy groups -OCH3 is 3. The normalized spacial score (nSPS) is 10.1. The zero-order valence-electron chi connectivity index (χ0n) is 11.6. The van der Waals surface area contributed by atoms with Crippen LogP contribution in [0.3, 0.4) is 0 Å². The molecule has 112 valence electrons. The van der Waals surface area contributed by atoms with Crippen LogP contribution >= 0.6 is 27.3 Å². The second-order valence-corrected chi connectivity index (χ2v) is 6.15. The van der Waals surface area contributed by atoms with E-state index in [0.29, 0.717) is 31.7 Å². The van der Waals surface area contributed by atoms with Gasteiger partial charge in [0.05, 0.1) is 27.5 Å².